The molecule has 2 N–H and O–H groups in total. The molecule has 9 nitrogen and oxygen atoms in total. The first-order valence-corrected chi connectivity index (χ1v) is 23.7. The monoisotopic (exact) mass is 956 g/mol. The lowest BCUT2D eigenvalue weighted by Crippen LogP contribution is -2.52. The Kier molecular flexibility index (Phi) is 12.7. The summed E-state index contributed by atoms with van der Waals surface area (Å²) in [4.78, 5) is 18.8. The number of furan rings is 2. The van der Waals surface area contributed by atoms with Gasteiger partial charge in [-0.3, -0.25) is 4.79 Å². The van der Waals surface area contributed by atoms with Crippen LogP contribution in [-0.4, -0.2) is 66.3 Å². The Morgan fingerprint density at radius 3 is 1.27 bits per heavy atom. The van der Waals surface area contributed by atoms with Crippen LogP contribution in [0.15, 0.2) is 143 Å². The van der Waals surface area contributed by atoms with E-state index in [1.54, 1.807) is 12.5 Å². The number of carbonyl (C=O) groups is 1. The number of halogens is 4. The molecule has 0 bridgehead atoms. The molecular formula is C53H48Cl4N6O3. The van der Waals surface area contributed by atoms with Crippen molar-refractivity contribution in [3.63, 3.8) is 0 Å². The van der Waals surface area contributed by atoms with Gasteiger partial charge in [0.15, 0.2) is 11.5 Å². The van der Waals surface area contributed by atoms with Crippen LogP contribution in [-0.2, 0) is 12.8 Å². The molecule has 8 aromatic rings. The van der Waals surface area contributed by atoms with Crippen molar-refractivity contribution in [3.05, 3.63) is 188 Å². The number of piperazine rings is 2. The number of benzene rings is 4. The molecule has 2 saturated heterocycles. The Morgan fingerprint density at radius 2 is 0.894 bits per heavy atom. The van der Waals surface area contributed by atoms with E-state index < -0.39 is 0 Å². The second kappa shape index (κ2) is 18.9. The molecule has 2 unspecified atom stereocenters. The smallest absolute Gasteiger partial charge is 0.263 e. The topological polar surface area (TPSA) is 83.8 Å². The molecule has 66 heavy (non-hydrogen) atoms. The highest BCUT2D eigenvalue weighted by molar-refractivity contribution is 6.31. The fourth-order valence-corrected chi connectivity index (χ4v) is 10.1. The number of nitrogens with zero attached hydrogens (tertiary/aromatic N) is 4. The highest BCUT2D eigenvalue weighted by Crippen LogP contribution is 2.36. The Morgan fingerprint density at radius 1 is 0.530 bits per heavy atom. The van der Waals surface area contributed by atoms with E-state index in [1.165, 1.54) is 11.1 Å². The van der Waals surface area contributed by atoms with E-state index in [9.17, 15) is 4.79 Å². The van der Waals surface area contributed by atoms with E-state index in [1.807, 2.05) is 84.9 Å². The van der Waals surface area contributed by atoms with Crippen molar-refractivity contribution >= 4 is 63.6 Å². The highest BCUT2D eigenvalue weighted by Gasteiger charge is 2.30. The largest absolute Gasteiger partial charge is 0.458 e. The summed E-state index contributed by atoms with van der Waals surface area (Å²) >= 11 is 25.2. The van der Waals surface area contributed by atoms with E-state index in [2.05, 4.69) is 79.8 Å². The Labute approximate surface area is 404 Å². The minimum atomic E-state index is -0.294. The van der Waals surface area contributed by atoms with Crippen LogP contribution in [0.3, 0.4) is 0 Å². The minimum absolute atomic E-state index is 0.103. The molecule has 4 aromatic heterocycles. The van der Waals surface area contributed by atoms with Crippen LogP contribution < -0.4 is 20.4 Å². The molecule has 0 saturated carbocycles. The van der Waals surface area contributed by atoms with Gasteiger partial charge in [0, 0.05) is 106 Å². The quantitative estimate of drug-likeness (QED) is 0.118. The van der Waals surface area contributed by atoms with Crippen molar-refractivity contribution in [2.24, 2.45) is 0 Å². The Balaban J connectivity index is 0.877. The third-order valence-electron chi connectivity index (χ3n) is 13.0. The number of nitrogens with one attached hydrogen (secondary N) is 2. The number of rotatable bonds is 12. The standard InChI is InChI=1S/C53H48Cl4N6O3/c1-33-37(25-49(35-3-7-39(54)8-4-35)62(33)43-15-11-41(56)12-16-43)23-45-29-58-19-21-60(45)47-27-51(65-31-47)53(64)52-28-48(32-66-52)61-22-20-59-30-46(61)24-38-26-50(36-5-9-40(55)10-6-36)63(34(38)2)44-17-13-42(57)14-18-44/h3-18,25-28,31-32,45-46,58-59H,19-24,29-30H2,1-2H3. The van der Waals surface area contributed by atoms with Gasteiger partial charge >= 0.3 is 0 Å². The van der Waals surface area contributed by atoms with Gasteiger partial charge in [-0.2, -0.15) is 0 Å². The van der Waals surface area contributed by atoms with Gasteiger partial charge in [0.1, 0.15) is 12.5 Å². The summed E-state index contributed by atoms with van der Waals surface area (Å²) in [7, 11) is 0. The van der Waals surface area contributed by atoms with E-state index in [4.69, 9.17) is 55.2 Å². The third kappa shape index (κ3) is 8.96. The molecule has 2 aliphatic heterocycles. The van der Waals surface area contributed by atoms with Crippen molar-refractivity contribution in [3.8, 4) is 33.9 Å². The fraction of sp³-hybridized carbons (Fsp3) is 0.226. The predicted molar refractivity (Wildman–Crippen MR) is 268 cm³/mol. The van der Waals surface area contributed by atoms with Crippen molar-refractivity contribution in [2.45, 2.75) is 38.8 Å². The normalized spacial score (nSPS) is 16.6. The molecule has 2 atom stereocenters. The van der Waals surface area contributed by atoms with Gasteiger partial charge in [0.2, 0.25) is 0 Å². The van der Waals surface area contributed by atoms with Crippen molar-refractivity contribution < 1.29 is 13.6 Å². The summed E-state index contributed by atoms with van der Waals surface area (Å²) in [5, 5.41) is 9.95. The molecule has 2 fully saturated rings. The molecule has 0 aliphatic carbocycles. The third-order valence-corrected chi connectivity index (χ3v) is 14.1. The number of anilines is 2. The van der Waals surface area contributed by atoms with Gasteiger partial charge in [-0.15, -0.1) is 0 Å². The van der Waals surface area contributed by atoms with Crippen LogP contribution in [0.1, 0.15) is 38.8 Å². The first kappa shape index (κ1) is 44.2. The minimum Gasteiger partial charge on any atom is -0.458 e. The van der Waals surface area contributed by atoms with Gasteiger partial charge in [-0.25, -0.2) is 0 Å². The van der Waals surface area contributed by atoms with Crippen LogP contribution in [0.25, 0.3) is 33.9 Å². The zero-order valence-electron chi connectivity index (χ0n) is 36.5. The van der Waals surface area contributed by atoms with Crippen molar-refractivity contribution in [2.75, 3.05) is 49.1 Å². The maximum absolute atomic E-state index is 14.1. The van der Waals surface area contributed by atoms with Crippen LogP contribution in [0.2, 0.25) is 20.1 Å². The predicted octanol–water partition coefficient (Wildman–Crippen LogP) is 12.3. The molecule has 6 heterocycles. The summed E-state index contributed by atoms with van der Waals surface area (Å²) in [6, 6.07) is 40.2. The molecule has 0 amide bonds. The first-order chi connectivity index (χ1) is 32.1. The number of carbonyl (C=O) groups excluding carboxylic acids is 1. The number of aromatic nitrogens is 2. The fourth-order valence-electron chi connectivity index (χ4n) is 9.63. The van der Waals surface area contributed by atoms with Gasteiger partial charge in [0.25, 0.3) is 5.78 Å². The van der Waals surface area contributed by atoms with E-state index in [0.717, 1.165) is 109 Å². The lowest BCUT2D eigenvalue weighted by atomic mass is 10.0. The SMILES string of the molecule is Cc1c(CC2CNCCN2c2coc(C(=O)c3cc(N4CCNCC4Cc4cc(-c5ccc(Cl)cc5)n(-c5ccc(Cl)cc5)c4C)co3)c2)cc(-c2ccc(Cl)cc2)n1-c1ccc(Cl)cc1. The van der Waals surface area contributed by atoms with Crippen LogP contribution in [0, 0.1) is 13.8 Å². The lowest BCUT2D eigenvalue weighted by molar-refractivity contribution is 0.0983. The van der Waals surface area contributed by atoms with Gasteiger partial charge < -0.3 is 38.4 Å². The summed E-state index contributed by atoms with van der Waals surface area (Å²) in [5.41, 5.74) is 12.8. The van der Waals surface area contributed by atoms with Gasteiger partial charge in [-0.05, 0) is 134 Å². The molecular weight excluding hydrogens is 910 g/mol. The molecule has 336 valence electrons. The summed E-state index contributed by atoms with van der Waals surface area (Å²) < 4.78 is 16.7. The number of ketones is 1. The highest BCUT2D eigenvalue weighted by atomic mass is 35.5. The Bertz CT molecular complexity index is 2790. The number of hydrogen-bond acceptors (Lipinski definition) is 7. The van der Waals surface area contributed by atoms with E-state index >= 15 is 0 Å². The zero-order chi connectivity index (χ0) is 45.5. The second-order valence-corrected chi connectivity index (χ2v) is 18.8. The lowest BCUT2D eigenvalue weighted by Gasteiger charge is -2.37. The molecule has 13 heteroatoms. The van der Waals surface area contributed by atoms with Crippen molar-refractivity contribution in [1.29, 1.82) is 0 Å². The van der Waals surface area contributed by atoms with Crippen molar-refractivity contribution in [1.82, 2.24) is 19.8 Å². The molecule has 2 aliphatic rings. The second-order valence-electron chi connectivity index (χ2n) is 17.1. The number of hydrogen-bond donors (Lipinski definition) is 2. The summed E-state index contributed by atoms with van der Waals surface area (Å²) in [6.07, 6.45) is 4.94. The maximum Gasteiger partial charge on any atom is 0.263 e. The molecule has 10 rings (SSSR count). The first-order valence-electron chi connectivity index (χ1n) is 22.2. The average molecular weight is 959 g/mol. The molecule has 0 spiro atoms. The van der Waals surface area contributed by atoms with E-state index in [0.29, 0.717) is 20.1 Å². The molecule has 4 aromatic carbocycles. The zero-order valence-corrected chi connectivity index (χ0v) is 39.6. The van der Waals surface area contributed by atoms with Gasteiger partial charge in [-0.1, -0.05) is 70.7 Å². The van der Waals surface area contributed by atoms with Crippen LogP contribution in [0.4, 0.5) is 11.4 Å². The van der Waals surface area contributed by atoms with Crippen LogP contribution >= 0.6 is 46.4 Å². The summed E-state index contributed by atoms with van der Waals surface area (Å²) in [6.45, 7) is 9.03. The van der Waals surface area contributed by atoms with Crippen LogP contribution in [0.5, 0.6) is 0 Å². The summed E-state index contributed by atoms with van der Waals surface area (Å²) in [5.74, 6) is 0.186. The maximum atomic E-state index is 14.1. The van der Waals surface area contributed by atoms with Gasteiger partial charge in [0.05, 0.1) is 22.8 Å². The molecule has 0 radical (unpaired) electrons. The Hall–Kier alpha value is -5.65. The van der Waals surface area contributed by atoms with E-state index in [-0.39, 0.29) is 29.4 Å². The average Bonchev–Trinajstić information content (AvgIpc) is 4.15.